The molecule has 0 saturated carbocycles. The molecule has 2 heterocycles. The Kier molecular flexibility index (Phi) is 5.31. The third kappa shape index (κ3) is 3.30. The van der Waals surface area contributed by atoms with Crippen LogP contribution in [0.1, 0.15) is 40.0 Å². The van der Waals surface area contributed by atoms with E-state index in [0.29, 0.717) is 21.2 Å². The highest BCUT2D eigenvalue weighted by Crippen LogP contribution is 2.29. The molecular formula is C18H17N3O8. The lowest BCUT2D eigenvalue weighted by atomic mass is 10.1. The van der Waals surface area contributed by atoms with Gasteiger partial charge in [0.2, 0.25) is 0 Å². The number of carbonyl (C=O) groups is 6. The second-order valence-corrected chi connectivity index (χ2v) is 6.52. The lowest BCUT2D eigenvalue weighted by Gasteiger charge is -2.34. The van der Waals surface area contributed by atoms with E-state index in [-0.39, 0.29) is 36.9 Å². The number of benzene rings is 1. The van der Waals surface area contributed by atoms with E-state index in [1.807, 2.05) is 0 Å². The van der Waals surface area contributed by atoms with Crippen molar-refractivity contribution in [2.45, 2.75) is 31.3 Å². The van der Waals surface area contributed by atoms with Crippen LogP contribution in [0.25, 0.3) is 0 Å². The van der Waals surface area contributed by atoms with Crippen molar-refractivity contribution < 1.29 is 39.0 Å². The van der Waals surface area contributed by atoms with Gasteiger partial charge in [0.1, 0.15) is 12.3 Å². The van der Waals surface area contributed by atoms with Crippen molar-refractivity contribution in [3.05, 3.63) is 35.4 Å². The van der Waals surface area contributed by atoms with Crippen molar-refractivity contribution in [1.82, 2.24) is 14.9 Å². The summed E-state index contributed by atoms with van der Waals surface area (Å²) in [7, 11) is 0. The van der Waals surface area contributed by atoms with Crippen LogP contribution in [0.3, 0.4) is 0 Å². The molecule has 0 radical (unpaired) electrons. The molecule has 0 bridgehead atoms. The lowest BCUT2D eigenvalue weighted by Crippen LogP contribution is -2.58. The standard InChI is InChI=1S/C18H17N3O8/c22-9-3-6-12(20-14(23)10-4-1-2-5-11(10)15(20)24)16(25)21-13(17(26)27)7-8-19(21)18(28)29/h1-2,4-5,9,12-13H,3,6-8H2,(H,26,27)(H,28,29). The van der Waals surface area contributed by atoms with Crippen LogP contribution in [0, 0.1) is 0 Å². The smallest absolute Gasteiger partial charge is 0.426 e. The number of imide groups is 1. The van der Waals surface area contributed by atoms with Crippen LogP contribution >= 0.6 is 0 Å². The highest BCUT2D eigenvalue weighted by Gasteiger charge is 2.49. The molecule has 0 aliphatic carbocycles. The van der Waals surface area contributed by atoms with E-state index in [1.165, 1.54) is 12.1 Å². The highest BCUT2D eigenvalue weighted by atomic mass is 16.4. The van der Waals surface area contributed by atoms with E-state index in [1.54, 1.807) is 12.1 Å². The van der Waals surface area contributed by atoms with Crippen molar-refractivity contribution in [2.75, 3.05) is 6.54 Å². The molecular weight excluding hydrogens is 386 g/mol. The Bertz CT molecular complexity index is 857. The van der Waals surface area contributed by atoms with E-state index >= 15 is 0 Å². The predicted octanol–water partition coefficient (Wildman–Crippen LogP) is 0.211. The molecule has 4 amide bonds. The maximum atomic E-state index is 13.2. The maximum Gasteiger partial charge on any atom is 0.426 e. The normalized spacial score (nSPS) is 19.3. The fourth-order valence-corrected chi connectivity index (χ4v) is 3.56. The Balaban J connectivity index is 2.00. The molecule has 29 heavy (non-hydrogen) atoms. The zero-order chi connectivity index (χ0) is 21.3. The Hall–Kier alpha value is -3.76. The van der Waals surface area contributed by atoms with Gasteiger partial charge >= 0.3 is 12.1 Å². The van der Waals surface area contributed by atoms with Crippen molar-refractivity contribution in [3.8, 4) is 0 Å². The number of carboxylic acids is 1. The van der Waals surface area contributed by atoms with E-state index in [9.17, 15) is 39.0 Å². The molecule has 0 spiro atoms. The van der Waals surface area contributed by atoms with Gasteiger partial charge in [0.05, 0.1) is 11.1 Å². The molecule has 152 valence electrons. The summed E-state index contributed by atoms with van der Waals surface area (Å²) in [6, 6.07) is 2.93. The van der Waals surface area contributed by atoms with Gasteiger partial charge in [0, 0.05) is 19.4 Å². The molecule has 1 fully saturated rings. The van der Waals surface area contributed by atoms with Crippen LogP contribution in [0.2, 0.25) is 0 Å². The molecule has 1 aromatic rings. The Morgan fingerprint density at radius 2 is 1.69 bits per heavy atom. The summed E-state index contributed by atoms with van der Waals surface area (Å²) in [6.07, 6.45) is -1.65. The van der Waals surface area contributed by atoms with Gasteiger partial charge in [-0.1, -0.05) is 12.1 Å². The number of aliphatic carboxylic acids is 1. The number of hydrogen-bond donors (Lipinski definition) is 2. The summed E-state index contributed by atoms with van der Waals surface area (Å²) < 4.78 is 0. The number of hydrazine groups is 1. The second-order valence-electron chi connectivity index (χ2n) is 6.52. The van der Waals surface area contributed by atoms with Crippen molar-refractivity contribution in [3.63, 3.8) is 0 Å². The summed E-state index contributed by atoms with van der Waals surface area (Å²) in [5.74, 6) is -3.99. The van der Waals surface area contributed by atoms with Crippen LogP contribution < -0.4 is 0 Å². The van der Waals surface area contributed by atoms with Crippen LogP contribution in [-0.2, 0) is 14.4 Å². The van der Waals surface area contributed by atoms with Gasteiger partial charge in [-0.3, -0.25) is 19.3 Å². The number of nitrogens with zero attached hydrogens (tertiary/aromatic N) is 3. The monoisotopic (exact) mass is 403 g/mol. The van der Waals surface area contributed by atoms with Crippen molar-refractivity contribution in [1.29, 1.82) is 0 Å². The van der Waals surface area contributed by atoms with Crippen molar-refractivity contribution >= 4 is 36.1 Å². The third-order valence-electron chi connectivity index (χ3n) is 4.88. The minimum atomic E-state index is -1.54. The molecule has 2 aliphatic rings. The topological polar surface area (TPSA) is 153 Å². The van der Waals surface area contributed by atoms with Gasteiger partial charge in [-0.25, -0.2) is 19.6 Å². The lowest BCUT2D eigenvalue weighted by molar-refractivity contribution is -0.160. The van der Waals surface area contributed by atoms with E-state index in [0.717, 1.165) is 0 Å². The average molecular weight is 403 g/mol. The van der Waals surface area contributed by atoms with Gasteiger partial charge in [-0.15, -0.1) is 0 Å². The molecule has 3 rings (SSSR count). The Morgan fingerprint density at radius 3 is 2.17 bits per heavy atom. The SMILES string of the molecule is O=CCCC(C(=O)N1C(C(=O)O)CCN1C(=O)O)N1C(=O)c2ccccc2C1=O. The van der Waals surface area contributed by atoms with Crippen LogP contribution in [0.5, 0.6) is 0 Å². The summed E-state index contributed by atoms with van der Waals surface area (Å²) in [5, 5.41) is 19.8. The third-order valence-corrected chi connectivity index (χ3v) is 4.88. The van der Waals surface area contributed by atoms with Gasteiger partial charge < -0.3 is 15.0 Å². The van der Waals surface area contributed by atoms with E-state index < -0.39 is 41.9 Å². The summed E-state index contributed by atoms with van der Waals surface area (Å²) in [6.45, 7) is -0.236. The van der Waals surface area contributed by atoms with Crippen molar-refractivity contribution in [2.24, 2.45) is 0 Å². The van der Waals surface area contributed by atoms with Gasteiger partial charge in [-0.2, -0.15) is 0 Å². The first-order chi connectivity index (χ1) is 13.8. The minimum Gasteiger partial charge on any atom is -0.480 e. The van der Waals surface area contributed by atoms with Crippen LogP contribution in [-0.4, -0.2) is 79.8 Å². The average Bonchev–Trinajstić information content (AvgIpc) is 3.24. The molecule has 1 saturated heterocycles. The second kappa shape index (κ2) is 7.70. The summed E-state index contributed by atoms with van der Waals surface area (Å²) in [5.41, 5.74) is 0.153. The summed E-state index contributed by atoms with van der Waals surface area (Å²) in [4.78, 5) is 73.3. The molecule has 2 N–H and O–H groups in total. The Morgan fingerprint density at radius 1 is 1.10 bits per heavy atom. The van der Waals surface area contributed by atoms with Gasteiger partial charge in [0.25, 0.3) is 17.7 Å². The summed E-state index contributed by atoms with van der Waals surface area (Å²) >= 11 is 0. The van der Waals surface area contributed by atoms with Gasteiger partial charge in [0.15, 0.2) is 6.04 Å². The highest BCUT2D eigenvalue weighted by molar-refractivity contribution is 6.22. The first-order valence-corrected chi connectivity index (χ1v) is 8.76. The first kappa shape index (κ1) is 20.0. The number of fused-ring (bicyclic) bond motifs is 1. The zero-order valence-electron chi connectivity index (χ0n) is 15.1. The molecule has 2 atom stereocenters. The largest absolute Gasteiger partial charge is 0.480 e. The predicted molar refractivity (Wildman–Crippen MR) is 93.6 cm³/mol. The number of carbonyl (C=O) groups excluding carboxylic acids is 4. The van der Waals surface area contributed by atoms with Gasteiger partial charge in [-0.05, 0) is 18.6 Å². The number of carboxylic acid groups (broad SMARTS) is 2. The molecule has 11 heteroatoms. The number of hydrogen-bond acceptors (Lipinski definition) is 6. The fraction of sp³-hybridized carbons (Fsp3) is 0.333. The van der Waals surface area contributed by atoms with E-state index in [4.69, 9.17) is 0 Å². The quantitative estimate of drug-likeness (QED) is 0.505. The fourth-order valence-electron chi connectivity index (χ4n) is 3.56. The number of aldehydes is 1. The molecule has 2 aliphatic heterocycles. The number of rotatable bonds is 6. The number of amides is 4. The van der Waals surface area contributed by atoms with Crippen LogP contribution in [0.15, 0.2) is 24.3 Å². The first-order valence-electron chi connectivity index (χ1n) is 8.76. The zero-order valence-corrected chi connectivity index (χ0v) is 15.1. The molecule has 0 aromatic heterocycles. The minimum absolute atomic E-state index is 0.0766. The van der Waals surface area contributed by atoms with Crippen LogP contribution in [0.4, 0.5) is 4.79 Å². The Labute approximate surface area is 164 Å². The maximum absolute atomic E-state index is 13.2. The molecule has 11 nitrogen and oxygen atoms in total. The van der Waals surface area contributed by atoms with E-state index in [2.05, 4.69) is 0 Å². The molecule has 1 aromatic carbocycles. The molecule has 2 unspecified atom stereocenters.